The Morgan fingerprint density at radius 3 is 1.73 bits per heavy atom. The van der Waals surface area contributed by atoms with Gasteiger partial charge < -0.3 is 10.8 Å². The van der Waals surface area contributed by atoms with Gasteiger partial charge in [-0.2, -0.15) is 0 Å². The fourth-order valence-electron chi connectivity index (χ4n) is 3.66. The summed E-state index contributed by atoms with van der Waals surface area (Å²) < 4.78 is 0. The molecule has 4 aromatic carbocycles. The molecule has 0 aromatic heterocycles. The molecule has 0 saturated heterocycles. The second-order valence-electron chi connectivity index (χ2n) is 6.54. The molecule has 128 valence electrons. The lowest BCUT2D eigenvalue weighted by Gasteiger charge is -2.36. The first kappa shape index (κ1) is 16.5. The van der Waals surface area contributed by atoms with Crippen LogP contribution in [0.15, 0.2) is 103 Å². The zero-order valence-corrected chi connectivity index (χ0v) is 14.4. The summed E-state index contributed by atoms with van der Waals surface area (Å²) in [7, 11) is 0. The monoisotopic (exact) mass is 339 g/mol. The van der Waals surface area contributed by atoms with Crippen molar-refractivity contribution in [2.24, 2.45) is 5.73 Å². The zero-order valence-electron chi connectivity index (χ0n) is 14.4. The molecule has 0 aliphatic rings. The van der Waals surface area contributed by atoms with E-state index in [1.165, 1.54) is 0 Å². The van der Waals surface area contributed by atoms with Crippen LogP contribution in [-0.4, -0.2) is 5.11 Å². The molecule has 0 aliphatic carbocycles. The zero-order chi connectivity index (χ0) is 18.0. The second kappa shape index (κ2) is 6.75. The maximum Gasteiger partial charge on any atom is 0.134 e. The van der Waals surface area contributed by atoms with Gasteiger partial charge in [-0.3, -0.25) is 0 Å². The van der Waals surface area contributed by atoms with Crippen molar-refractivity contribution < 1.29 is 5.11 Å². The van der Waals surface area contributed by atoms with E-state index in [9.17, 15) is 5.11 Å². The summed E-state index contributed by atoms with van der Waals surface area (Å²) in [5.74, 6) is 0. The fraction of sp³-hybridized carbons (Fsp3) is 0.0833. The number of aliphatic hydroxyl groups is 1. The molecule has 0 bridgehead atoms. The van der Waals surface area contributed by atoms with Gasteiger partial charge in [0.05, 0.1) is 6.04 Å². The Hall–Kier alpha value is -2.94. The lowest BCUT2D eigenvalue weighted by Crippen LogP contribution is -2.39. The predicted octanol–water partition coefficient (Wildman–Crippen LogP) is 4.78. The van der Waals surface area contributed by atoms with E-state index in [1.807, 2.05) is 84.9 Å². The van der Waals surface area contributed by atoms with Gasteiger partial charge in [0.15, 0.2) is 0 Å². The lowest BCUT2D eigenvalue weighted by atomic mass is 9.77. The van der Waals surface area contributed by atoms with Crippen LogP contribution in [0.2, 0.25) is 0 Å². The van der Waals surface area contributed by atoms with Crippen molar-refractivity contribution in [2.75, 3.05) is 0 Å². The molecule has 0 amide bonds. The summed E-state index contributed by atoms with van der Waals surface area (Å²) in [6.45, 7) is 0. The average Bonchev–Trinajstić information content (AvgIpc) is 2.73. The van der Waals surface area contributed by atoms with Crippen molar-refractivity contribution in [1.82, 2.24) is 0 Å². The van der Waals surface area contributed by atoms with Crippen LogP contribution in [0, 0.1) is 0 Å². The van der Waals surface area contributed by atoms with E-state index >= 15 is 0 Å². The van der Waals surface area contributed by atoms with Gasteiger partial charge in [0.25, 0.3) is 0 Å². The molecule has 0 unspecified atom stereocenters. The molecule has 4 aromatic rings. The Balaban J connectivity index is 1.95. The Bertz CT molecular complexity index is 967. The second-order valence-corrected chi connectivity index (χ2v) is 6.54. The van der Waals surface area contributed by atoms with E-state index in [0.29, 0.717) is 0 Å². The van der Waals surface area contributed by atoms with Crippen LogP contribution in [0.3, 0.4) is 0 Å². The van der Waals surface area contributed by atoms with Crippen LogP contribution in [0.5, 0.6) is 0 Å². The van der Waals surface area contributed by atoms with Crippen LogP contribution in [0.25, 0.3) is 10.8 Å². The van der Waals surface area contributed by atoms with Gasteiger partial charge in [-0.25, -0.2) is 0 Å². The standard InChI is InChI=1S/C24H21NO/c25-23(22-17-9-11-18-10-7-8-16-21(18)22)24(26,19-12-3-1-4-13-19)20-14-5-2-6-15-20/h1-17,23,26H,25H2/t23-/m1/s1. The van der Waals surface area contributed by atoms with Gasteiger partial charge in [-0.1, -0.05) is 103 Å². The van der Waals surface area contributed by atoms with Crippen molar-refractivity contribution >= 4 is 10.8 Å². The largest absolute Gasteiger partial charge is 0.378 e. The highest BCUT2D eigenvalue weighted by molar-refractivity contribution is 5.86. The van der Waals surface area contributed by atoms with E-state index in [0.717, 1.165) is 27.5 Å². The molecule has 1 atom stereocenters. The highest BCUT2D eigenvalue weighted by Gasteiger charge is 2.39. The van der Waals surface area contributed by atoms with Gasteiger partial charge in [-0.05, 0) is 27.5 Å². The topological polar surface area (TPSA) is 46.2 Å². The van der Waals surface area contributed by atoms with Crippen LogP contribution in [0.4, 0.5) is 0 Å². The van der Waals surface area contributed by atoms with Crippen molar-refractivity contribution in [3.05, 3.63) is 120 Å². The van der Waals surface area contributed by atoms with E-state index < -0.39 is 11.6 Å². The fourth-order valence-corrected chi connectivity index (χ4v) is 3.66. The summed E-state index contributed by atoms with van der Waals surface area (Å²) in [5, 5.41) is 14.1. The number of rotatable bonds is 4. The summed E-state index contributed by atoms with van der Waals surface area (Å²) in [5.41, 5.74) is 7.92. The van der Waals surface area contributed by atoms with Crippen molar-refractivity contribution in [2.45, 2.75) is 11.6 Å². The first-order chi connectivity index (χ1) is 12.7. The third kappa shape index (κ3) is 2.70. The number of hydrogen-bond donors (Lipinski definition) is 2. The summed E-state index contributed by atoms with van der Waals surface area (Å²) in [6.07, 6.45) is 0. The minimum Gasteiger partial charge on any atom is -0.378 e. The van der Waals surface area contributed by atoms with Gasteiger partial charge in [0.1, 0.15) is 5.60 Å². The maximum absolute atomic E-state index is 11.9. The van der Waals surface area contributed by atoms with Crippen molar-refractivity contribution in [3.63, 3.8) is 0 Å². The van der Waals surface area contributed by atoms with E-state index in [1.54, 1.807) is 0 Å². The smallest absolute Gasteiger partial charge is 0.134 e. The molecule has 3 N–H and O–H groups in total. The number of nitrogens with two attached hydrogens (primary N) is 1. The van der Waals surface area contributed by atoms with E-state index in [-0.39, 0.29) is 0 Å². The Morgan fingerprint density at radius 2 is 1.12 bits per heavy atom. The normalized spacial score (nSPS) is 12.8. The number of hydrogen-bond acceptors (Lipinski definition) is 2. The first-order valence-electron chi connectivity index (χ1n) is 8.78. The molecular weight excluding hydrogens is 318 g/mol. The third-order valence-corrected chi connectivity index (χ3v) is 5.04. The molecule has 0 spiro atoms. The van der Waals surface area contributed by atoms with Crippen LogP contribution in [-0.2, 0) is 5.60 Å². The molecule has 0 saturated carbocycles. The molecular formula is C24H21NO. The van der Waals surface area contributed by atoms with Crippen LogP contribution in [0.1, 0.15) is 22.7 Å². The number of benzene rings is 4. The Morgan fingerprint density at radius 1 is 0.615 bits per heavy atom. The highest BCUT2D eigenvalue weighted by Crippen LogP contribution is 2.41. The maximum atomic E-state index is 11.9. The van der Waals surface area contributed by atoms with Gasteiger partial charge in [0, 0.05) is 0 Å². The summed E-state index contributed by atoms with van der Waals surface area (Å²) >= 11 is 0. The molecule has 0 heterocycles. The highest BCUT2D eigenvalue weighted by atomic mass is 16.3. The summed E-state index contributed by atoms with van der Waals surface area (Å²) in [4.78, 5) is 0. The van der Waals surface area contributed by atoms with Crippen molar-refractivity contribution in [3.8, 4) is 0 Å². The van der Waals surface area contributed by atoms with Gasteiger partial charge in [0.2, 0.25) is 0 Å². The Kier molecular flexibility index (Phi) is 4.29. The van der Waals surface area contributed by atoms with E-state index in [2.05, 4.69) is 18.2 Å². The Labute approximate surface area is 153 Å². The van der Waals surface area contributed by atoms with Crippen LogP contribution >= 0.6 is 0 Å². The van der Waals surface area contributed by atoms with Crippen LogP contribution < -0.4 is 5.73 Å². The van der Waals surface area contributed by atoms with Crippen molar-refractivity contribution in [1.29, 1.82) is 0 Å². The first-order valence-corrected chi connectivity index (χ1v) is 8.78. The van der Waals surface area contributed by atoms with Gasteiger partial charge in [-0.15, -0.1) is 0 Å². The SMILES string of the molecule is N[C@H](c1cccc2ccccc12)C(O)(c1ccccc1)c1ccccc1. The quantitative estimate of drug-likeness (QED) is 0.562. The molecule has 0 aliphatic heterocycles. The third-order valence-electron chi connectivity index (χ3n) is 5.04. The molecule has 0 radical (unpaired) electrons. The number of fused-ring (bicyclic) bond motifs is 1. The minimum atomic E-state index is -1.33. The molecule has 2 heteroatoms. The minimum absolute atomic E-state index is 0.613. The lowest BCUT2D eigenvalue weighted by molar-refractivity contribution is 0.0517. The molecule has 0 fully saturated rings. The average molecular weight is 339 g/mol. The molecule has 2 nitrogen and oxygen atoms in total. The van der Waals surface area contributed by atoms with Gasteiger partial charge >= 0.3 is 0 Å². The van der Waals surface area contributed by atoms with E-state index in [4.69, 9.17) is 5.73 Å². The molecule has 4 rings (SSSR count). The molecule has 26 heavy (non-hydrogen) atoms. The summed E-state index contributed by atoms with van der Waals surface area (Å²) in [6, 6.07) is 32.9. The predicted molar refractivity (Wildman–Crippen MR) is 107 cm³/mol.